The zero-order chi connectivity index (χ0) is 24.7. The number of nitrogens with zero attached hydrogens (tertiary/aromatic N) is 4. The largest absolute Gasteiger partial charge is 0.474 e. The Hall–Kier alpha value is -3.64. The topological polar surface area (TPSA) is 133 Å². The Balaban J connectivity index is 1.32. The molecule has 1 unspecified atom stereocenters. The molecule has 0 radical (unpaired) electrons. The summed E-state index contributed by atoms with van der Waals surface area (Å²) in [6.07, 6.45) is -1.36. The number of pyridine rings is 1. The second-order valence-electron chi connectivity index (χ2n) is 8.83. The van der Waals surface area contributed by atoms with Crippen LogP contribution in [0.15, 0.2) is 24.4 Å². The van der Waals surface area contributed by atoms with E-state index in [0.29, 0.717) is 25.8 Å². The van der Waals surface area contributed by atoms with Gasteiger partial charge in [0.05, 0.1) is 5.56 Å². The van der Waals surface area contributed by atoms with E-state index in [2.05, 4.69) is 20.3 Å². The molecule has 3 saturated heterocycles. The second-order valence-corrected chi connectivity index (χ2v) is 8.83. The third-order valence-electron chi connectivity index (χ3n) is 6.48. The molecule has 0 aromatic carbocycles. The SMILES string of the molecule is NC(=O)c1cc(O[C@H]2CCNC2=O)nc(N2[C@@H]3CC[C@H]2CC(Oc2ccc(C(F)(F)F)cn2)C3)n1. The summed E-state index contributed by atoms with van der Waals surface area (Å²) in [7, 11) is 0. The van der Waals surface area contributed by atoms with Crippen molar-refractivity contribution in [3.8, 4) is 11.8 Å². The fourth-order valence-electron chi connectivity index (χ4n) is 4.88. The third kappa shape index (κ3) is 4.80. The average molecular weight is 492 g/mol. The number of nitrogens with two attached hydrogens (primary N) is 1. The van der Waals surface area contributed by atoms with E-state index in [0.717, 1.165) is 25.1 Å². The van der Waals surface area contributed by atoms with Crippen molar-refractivity contribution in [3.05, 3.63) is 35.7 Å². The fraction of sp³-hybridized carbons (Fsp3) is 0.500. The van der Waals surface area contributed by atoms with Crippen molar-refractivity contribution in [1.82, 2.24) is 20.3 Å². The van der Waals surface area contributed by atoms with Gasteiger partial charge in [-0.05, 0) is 18.9 Å². The molecular weight excluding hydrogens is 469 g/mol. The van der Waals surface area contributed by atoms with Gasteiger partial charge in [-0.3, -0.25) is 9.59 Å². The summed E-state index contributed by atoms with van der Waals surface area (Å²) in [5.74, 6) is -0.478. The van der Waals surface area contributed by atoms with Crippen LogP contribution in [0.5, 0.6) is 11.8 Å². The molecule has 2 bridgehead atoms. The maximum atomic E-state index is 12.8. The Morgan fingerprint density at radius 1 is 1.09 bits per heavy atom. The number of rotatable bonds is 6. The zero-order valence-electron chi connectivity index (χ0n) is 18.5. The molecule has 3 N–H and O–H groups in total. The standard InChI is InChI=1S/C22H23F3N6O4/c23-22(24,25)11-1-4-17(28-10-11)34-14-7-12-2-3-13(8-14)31(12)21-29-15(19(26)32)9-18(30-21)35-16-5-6-27-20(16)33/h1,4,9-10,12-14,16H,2-3,5-8H2,(H2,26,32)(H,27,33)/t12-,13+,14?,16-/m0/s1. The van der Waals surface area contributed by atoms with Crippen molar-refractivity contribution < 1.29 is 32.2 Å². The lowest BCUT2D eigenvalue weighted by atomic mass is 10.00. The third-order valence-corrected chi connectivity index (χ3v) is 6.48. The zero-order valence-corrected chi connectivity index (χ0v) is 18.5. The van der Waals surface area contributed by atoms with E-state index in [1.54, 1.807) is 0 Å². The predicted molar refractivity (Wildman–Crippen MR) is 115 cm³/mol. The number of piperidine rings is 1. The molecule has 3 aliphatic heterocycles. The van der Waals surface area contributed by atoms with Gasteiger partial charge in [-0.1, -0.05) is 0 Å². The number of hydrogen-bond acceptors (Lipinski definition) is 8. The molecule has 5 rings (SSSR count). The number of carbonyl (C=O) groups is 2. The number of anilines is 1. The van der Waals surface area contributed by atoms with Crippen LogP contribution >= 0.6 is 0 Å². The molecular formula is C22H23F3N6O4. The fourth-order valence-corrected chi connectivity index (χ4v) is 4.88. The second kappa shape index (κ2) is 8.86. The Bertz CT molecular complexity index is 1120. The van der Waals surface area contributed by atoms with Gasteiger partial charge in [-0.15, -0.1) is 0 Å². The summed E-state index contributed by atoms with van der Waals surface area (Å²) in [4.78, 5) is 38.4. The lowest BCUT2D eigenvalue weighted by Gasteiger charge is -2.38. The number of halogens is 3. The van der Waals surface area contributed by atoms with Gasteiger partial charge in [0.15, 0.2) is 6.10 Å². The lowest BCUT2D eigenvalue weighted by molar-refractivity contribution is -0.137. The van der Waals surface area contributed by atoms with Crippen LogP contribution in [0.2, 0.25) is 0 Å². The average Bonchev–Trinajstić information content (AvgIpc) is 3.33. The molecule has 10 nitrogen and oxygen atoms in total. The number of hydrogen-bond donors (Lipinski definition) is 2. The van der Waals surface area contributed by atoms with E-state index in [-0.39, 0.29) is 47.5 Å². The molecule has 13 heteroatoms. The molecule has 4 atom stereocenters. The van der Waals surface area contributed by atoms with Crippen LogP contribution in [0.25, 0.3) is 0 Å². The van der Waals surface area contributed by atoms with E-state index in [9.17, 15) is 22.8 Å². The van der Waals surface area contributed by atoms with Crippen LogP contribution in [0.3, 0.4) is 0 Å². The van der Waals surface area contributed by atoms with E-state index < -0.39 is 23.8 Å². The normalized spacial score (nSPS) is 25.9. The van der Waals surface area contributed by atoms with Gasteiger partial charge in [0.1, 0.15) is 11.8 Å². The highest BCUT2D eigenvalue weighted by Gasteiger charge is 2.43. The number of carbonyl (C=O) groups excluding carboxylic acids is 2. The highest BCUT2D eigenvalue weighted by atomic mass is 19.4. The number of fused-ring (bicyclic) bond motifs is 2. The Morgan fingerprint density at radius 3 is 2.40 bits per heavy atom. The summed E-state index contributed by atoms with van der Waals surface area (Å²) in [6.45, 7) is 0.496. The molecule has 186 valence electrons. The number of nitrogens with one attached hydrogen (secondary N) is 1. The van der Waals surface area contributed by atoms with Crippen LogP contribution in [0, 0.1) is 0 Å². The van der Waals surface area contributed by atoms with Crippen LogP contribution in [-0.2, 0) is 11.0 Å². The Morgan fingerprint density at radius 2 is 1.83 bits per heavy atom. The number of aromatic nitrogens is 3. The maximum absolute atomic E-state index is 12.8. The highest BCUT2D eigenvalue weighted by Crippen LogP contribution is 2.40. The molecule has 3 fully saturated rings. The van der Waals surface area contributed by atoms with Gasteiger partial charge < -0.3 is 25.4 Å². The molecule has 0 spiro atoms. The molecule has 3 aliphatic rings. The summed E-state index contributed by atoms with van der Waals surface area (Å²) in [5, 5.41) is 2.68. The first-order valence-electron chi connectivity index (χ1n) is 11.3. The van der Waals surface area contributed by atoms with E-state index in [4.69, 9.17) is 15.2 Å². The number of ether oxygens (including phenoxy) is 2. The summed E-state index contributed by atoms with van der Waals surface area (Å²) in [5.41, 5.74) is 4.61. The summed E-state index contributed by atoms with van der Waals surface area (Å²) < 4.78 is 49.9. The van der Waals surface area contributed by atoms with Crippen molar-refractivity contribution >= 4 is 17.8 Å². The molecule has 2 amide bonds. The quantitative estimate of drug-likeness (QED) is 0.624. The first kappa shape index (κ1) is 23.1. The minimum atomic E-state index is -4.46. The summed E-state index contributed by atoms with van der Waals surface area (Å²) in [6, 6.07) is 3.46. The summed E-state index contributed by atoms with van der Waals surface area (Å²) >= 11 is 0. The monoisotopic (exact) mass is 492 g/mol. The van der Waals surface area contributed by atoms with Crippen molar-refractivity contribution in [1.29, 1.82) is 0 Å². The predicted octanol–water partition coefficient (Wildman–Crippen LogP) is 1.84. The van der Waals surface area contributed by atoms with Crippen LogP contribution in [0.1, 0.15) is 48.2 Å². The first-order chi connectivity index (χ1) is 16.7. The highest BCUT2D eigenvalue weighted by molar-refractivity contribution is 5.91. The Kier molecular flexibility index (Phi) is 5.85. The minimum absolute atomic E-state index is 0.0149. The van der Waals surface area contributed by atoms with Gasteiger partial charge in [0.2, 0.25) is 17.7 Å². The smallest absolute Gasteiger partial charge is 0.417 e. The molecule has 2 aromatic rings. The number of alkyl halides is 3. The minimum Gasteiger partial charge on any atom is -0.474 e. The Labute approximate surface area is 198 Å². The molecule has 5 heterocycles. The van der Waals surface area contributed by atoms with Crippen molar-refractivity contribution in [3.63, 3.8) is 0 Å². The molecule has 35 heavy (non-hydrogen) atoms. The van der Waals surface area contributed by atoms with Crippen LogP contribution in [0.4, 0.5) is 19.1 Å². The molecule has 0 saturated carbocycles. The van der Waals surface area contributed by atoms with Gasteiger partial charge in [-0.2, -0.15) is 18.2 Å². The van der Waals surface area contributed by atoms with Crippen molar-refractivity contribution in [2.75, 3.05) is 11.4 Å². The van der Waals surface area contributed by atoms with Crippen molar-refractivity contribution in [2.24, 2.45) is 5.73 Å². The van der Waals surface area contributed by atoms with Crippen LogP contribution < -0.4 is 25.4 Å². The lowest BCUT2D eigenvalue weighted by Crippen LogP contribution is -2.47. The molecule has 0 aliphatic carbocycles. The maximum Gasteiger partial charge on any atom is 0.417 e. The van der Waals surface area contributed by atoms with Gasteiger partial charge >= 0.3 is 6.18 Å². The van der Waals surface area contributed by atoms with Crippen LogP contribution in [-0.4, -0.2) is 57.6 Å². The van der Waals surface area contributed by atoms with Gasteiger partial charge in [-0.25, -0.2) is 9.97 Å². The van der Waals surface area contributed by atoms with E-state index in [1.165, 1.54) is 12.1 Å². The van der Waals surface area contributed by atoms with Crippen molar-refractivity contribution in [2.45, 2.75) is 62.6 Å². The molecule has 2 aromatic heterocycles. The number of primary amides is 1. The van der Waals surface area contributed by atoms with Gasteiger partial charge in [0.25, 0.3) is 11.8 Å². The number of amides is 2. The van der Waals surface area contributed by atoms with Gasteiger partial charge in [0, 0.05) is 56.2 Å². The first-order valence-corrected chi connectivity index (χ1v) is 11.3. The van der Waals surface area contributed by atoms with E-state index in [1.807, 2.05) is 4.90 Å². The van der Waals surface area contributed by atoms with E-state index >= 15 is 0 Å².